The molecule has 1 aromatic carbocycles. The highest BCUT2D eigenvalue weighted by Crippen LogP contribution is 2.32. The van der Waals surface area contributed by atoms with Crippen molar-refractivity contribution in [2.45, 2.75) is 65.6 Å². The maximum Gasteiger partial charge on any atom is 0.410 e. The molecule has 1 aliphatic heterocycles. The van der Waals surface area contributed by atoms with Crippen molar-refractivity contribution in [1.29, 1.82) is 0 Å². The van der Waals surface area contributed by atoms with Gasteiger partial charge in [0.2, 0.25) is 0 Å². The van der Waals surface area contributed by atoms with Crippen LogP contribution in [-0.2, 0) is 4.74 Å². The van der Waals surface area contributed by atoms with Gasteiger partial charge >= 0.3 is 6.09 Å². The zero-order valence-corrected chi connectivity index (χ0v) is 16.2. The van der Waals surface area contributed by atoms with Crippen LogP contribution in [0.4, 0.5) is 9.18 Å². The third-order valence-electron chi connectivity index (χ3n) is 4.70. The summed E-state index contributed by atoms with van der Waals surface area (Å²) >= 11 is 0. The summed E-state index contributed by atoms with van der Waals surface area (Å²) in [6.07, 6.45) is 0.614. The van der Waals surface area contributed by atoms with Crippen LogP contribution in [0.1, 0.15) is 59.6 Å². The lowest BCUT2D eigenvalue weighted by atomic mass is 9.78. The van der Waals surface area contributed by atoms with Crippen LogP contribution in [0.2, 0.25) is 0 Å². The van der Waals surface area contributed by atoms with Gasteiger partial charge in [-0.1, -0.05) is 26.0 Å². The first-order chi connectivity index (χ1) is 11.5. The molecule has 1 unspecified atom stereocenters. The summed E-state index contributed by atoms with van der Waals surface area (Å²) < 4.78 is 18.6. The molecule has 0 aliphatic carbocycles. The average Bonchev–Trinajstić information content (AvgIpc) is 2.47. The molecule has 0 radical (unpaired) electrons. The summed E-state index contributed by atoms with van der Waals surface area (Å²) in [6.45, 7) is 13.4. The molecule has 1 aromatic rings. The van der Waals surface area contributed by atoms with Crippen LogP contribution in [0.15, 0.2) is 24.3 Å². The number of hydrogen-bond acceptors (Lipinski definition) is 3. The number of nitrogens with one attached hydrogen (secondary N) is 1. The zero-order valence-electron chi connectivity index (χ0n) is 16.2. The minimum Gasteiger partial charge on any atom is -0.444 e. The fourth-order valence-electron chi connectivity index (χ4n) is 3.30. The Morgan fingerprint density at radius 1 is 1.32 bits per heavy atom. The highest BCUT2D eigenvalue weighted by Gasteiger charge is 2.39. The van der Waals surface area contributed by atoms with Crippen molar-refractivity contribution in [3.8, 4) is 0 Å². The number of hydrogen-bond donors (Lipinski definition) is 1. The van der Waals surface area contributed by atoms with E-state index in [4.69, 9.17) is 4.74 Å². The van der Waals surface area contributed by atoms with E-state index in [1.54, 1.807) is 4.90 Å². The first-order valence-corrected chi connectivity index (χ1v) is 8.97. The van der Waals surface area contributed by atoms with Gasteiger partial charge in [-0.05, 0) is 57.2 Å². The molecule has 1 N–H and O–H groups in total. The van der Waals surface area contributed by atoms with Crippen LogP contribution in [0.25, 0.3) is 0 Å². The molecule has 1 saturated heterocycles. The number of carbonyl (C=O) groups excluding carboxylic acids is 1. The van der Waals surface area contributed by atoms with Crippen LogP contribution in [-0.4, -0.2) is 35.7 Å². The van der Waals surface area contributed by atoms with Crippen molar-refractivity contribution in [2.24, 2.45) is 5.41 Å². The largest absolute Gasteiger partial charge is 0.444 e. The Balaban J connectivity index is 1.98. The first-order valence-electron chi connectivity index (χ1n) is 8.97. The van der Waals surface area contributed by atoms with E-state index < -0.39 is 5.60 Å². The molecule has 0 saturated carbocycles. The molecule has 2 atom stereocenters. The maximum absolute atomic E-state index is 13.1. The van der Waals surface area contributed by atoms with Gasteiger partial charge in [-0.15, -0.1) is 0 Å². The topological polar surface area (TPSA) is 41.6 Å². The molecule has 0 aromatic heterocycles. The molecule has 1 aliphatic rings. The number of halogens is 1. The number of benzene rings is 1. The number of ether oxygens (including phenoxy) is 1. The molecule has 0 spiro atoms. The smallest absolute Gasteiger partial charge is 0.410 e. The molecule has 1 heterocycles. The molecule has 5 heteroatoms. The summed E-state index contributed by atoms with van der Waals surface area (Å²) in [4.78, 5) is 14.1. The van der Waals surface area contributed by atoms with Crippen molar-refractivity contribution in [3.05, 3.63) is 35.6 Å². The summed E-state index contributed by atoms with van der Waals surface area (Å²) in [5, 5.41) is 3.65. The number of amides is 1. The summed E-state index contributed by atoms with van der Waals surface area (Å²) in [5.41, 5.74) is 0.503. The summed E-state index contributed by atoms with van der Waals surface area (Å²) in [6, 6.07) is 7.00. The van der Waals surface area contributed by atoms with Gasteiger partial charge in [-0.2, -0.15) is 0 Å². The van der Waals surface area contributed by atoms with Gasteiger partial charge < -0.3 is 15.0 Å². The van der Waals surface area contributed by atoms with E-state index in [0.717, 1.165) is 12.0 Å². The molecular weight excluding hydrogens is 319 g/mol. The van der Waals surface area contributed by atoms with E-state index in [1.165, 1.54) is 12.1 Å². The zero-order chi connectivity index (χ0) is 18.8. The quantitative estimate of drug-likeness (QED) is 0.872. The van der Waals surface area contributed by atoms with E-state index in [9.17, 15) is 9.18 Å². The van der Waals surface area contributed by atoms with Crippen molar-refractivity contribution in [1.82, 2.24) is 10.2 Å². The predicted molar refractivity (Wildman–Crippen MR) is 97.9 cm³/mol. The molecule has 4 nitrogen and oxygen atoms in total. The van der Waals surface area contributed by atoms with Gasteiger partial charge in [-0.3, -0.25) is 0 Å². The van der Waals surface area contributed by atoms with Gasteiger partial charge in [0, 0.05) is 25.2 Å². The van der Waals surface area contributed by atoms with Crippen LogP contribution < -0.4 is 5.32 Å². The molecule has 2 rings (SSSR count). The minimum atomic E-state index is -0.479. The summed E-state index contributed by atoms with van der Waals surface area (Å²) in [7, 11) is 0. The Kier molecular flexibility index (Phi) is 5.77. The van der Waals surface area contributed by atoms with E-state index >= 15 is 0 Å². The van der Waals surface area contributed by atoms with Crippen molar-refractivity contribution < 1.29 is 13.9 Å². The van der Waals surface area contributed by atoms with Crippen molar-refractivity contribution in [3.63, 3.8) is 0 Å². The lowest BCUT2D eigenvalue weighted by Gasteiger charge is -2.45. The van der Waals surface area contributed by atoms with Crippen LogP contribution in [0.3, 0.4) is 0 Å². The van der Waals surface area contributed by atoms with Gasteiger partial charge in [0.15, 0.2) is 0 Å². The highest BCUT2D eigenvalue weighted by molar-refractivity contribution is 5.68. The lowest BCUT2D eigenvalue weighted by molar-refractivity contribution is 0.00132. The average molecular weight is 350 g/mol. The van der Waals surface area contributed by atoms with Gasteiger partial charge in [-0.25, -0.2) is 9.18 Å². The Labute approximate surface area is 150 Å². The molecule has 1 fully saturated rings. The van der Waals surface area contributed by atoms with Crippen molar-refractivity contribution >= 4 is 6.09 Å². The number of likely N-dealkylation sites (tertiary alicyclic amines) is 1. The Hall–Kier alpha value is -1.62. The van der Waals surface area contributed by atoms with Crippen LogP contribution >= 0.6 is 0 Å². The maximum atomic E-state index is 13.1. The Bertz CT molecular complexity index is 593. The number of piperidine rings is 1. The second-order valence-corrected chi connectivity index (χ2v) is 8.67. The highest BCUT2D eigenvalue weighted by atomic mass is 19.1. The van der Waals surface area contributed by atoms with Crippen LogP contribution in [0.5, 0.6) is 0 Å². The second-order valence-electron chi connectivity index (χ2n) is 8.67. The SMILES string of the molecule is C[C@H](NC1CCN(C(=O)OC(C)(C)C)CC1(C)C)c1ccc(F)cc1. The lowest BCUT2D eigenvalue weighted by Crippen LogP contribution is -2.56. The fourth-order valence-corrected chi connectivity index (χ4v) is 3.30. The predicted octanol–water partition coefficient (Wildman–Crippen LogP) is 4.51. The van der Waals surface area contributed by atoms with Gasteiger partial charge in [0.1, 0.15) is 11.4 Å². The monoisotopic (exact) mass is 350 g/mol. The molecule has 0 bridgehead atoms. The number of carbonyl (C=O) groups is 1. The molecule has 1 amide bonds. The van der Waals surface area contributed by atoms with Crippen molar-refractivity contribution in [2.75, 3.05) is 13.1 Å². The Morgan fingerprint density at radius 3 is 2.44 bits per heavy atom. The van der Waals surface area contributed by atoms with E-state index in [2.05, 4.69) is 26.1 Å². The third-order valence-corrected chi connectivity index (χ3v) is 4.70. The molecule has 25 heavy (non-hydrogen) atoms. The van der Waals surface area contributed by atoms with Gasteiger partial charge in [0.05, 0.1) is 0 Å². The van der Waals surface area contributed by atoms with E-state index in [1.807, 2.05) is 32.9 Å². The minimum absolute atomic E-state index is 0.0799. The Morgan fingerprint density at radius 2 is 1.92 bits per heavy atom. The first kappa shape index (κ1) is 19.7. The standard InChI is InChI=1S/C20H31FN2O2/c1-14(15-7-9-16(21)10-8-15)22-17-11-12-23(13-20(17,5)6)18(24)25-19(2,3)4/h7-10,14,17,22H,11-13H2,1-6H3/t14-,17?/m0/s1. The molecule has 140 valence electrons. The fraction of sp³-hybridized carbons (Fsp3) is 0.650. The normalized spacial score (nSPS) is 21.7. The number of rotatable bonds is 3. The van der Waals surface area contributed by atoms with E-state index in [-0.39, 0.29) is 29.4 Å². The second kappa shape index (κ2) is 7.32. The summed E-state index contributed by atoms with van der Waals surface area (Å²) in [5.74, 6) is -0.220. The van der Waals surface area contributed by atoms with E-state index in [0.29, 0.717) is 13.1 Å². The van der Waals surface area contributed by atoms with Gasteiger partial charge in [0.25, 0.3) is 0 Å². The van der Waals surface area contributed by atoms with Crippen LogP contribution in [0, 0.1) is 11.2 Å². The molecular formula is C20H31FN2O2. The third kappa shape index (κ3) is 5.43. The number of nitrogens with zero attached hydrogens (tertiary/aromatic N) is 1.